The molecule has 1 aromatic rings. The first-order valence-electron chi connectivity index (χ1n) is 5.78. The molecule has 0 aromatic heterocycles. The summed E-state index contributed by atoms with van der Waals surface area (Å²) in [4.78, 5) is 11.7. The Morgan fingerprint density at radius 2 is 2.12 bits per heavy atom. The monoisotopic (exact) mass is 253 g/mol. The normalized spacial score (nSPS) is 19.7. The summed E-state index contributed by atoms with van der Waals surface area (Å²) in [6, 6.07) is 7.11. The Hall–Kier alpha value is -1.26. The topological polar surface area (TPSA) is 53.2 Å². The molecule has 1 atom stereocenters. The lowest BCUT2D eigenvalue weighted by Crippen LogP contribution is -2.47. The summed E-state index contributed by atoms with van der Waals surface area (Å²) in [5.74, 6) is 0. The van der Waals surface area contributed by atoms with Crippen molar-refractivity contribution in [1.29, 1.82) is 0 Å². The molecule has 1 aliphatic heterocycles. The van der Waals surface area contributed by atoms with Gasteiger partial charge in [-0.05, 0) is 43.7 Å². The van der Waals surface area contributed by atoms with Gasteiger partial charge in [-0.3, -0.25) is 0 Å². The molecule has 1 unspecified atom stereocenters. The molecule has 3 N–H and O–H groups in total. The van der Waals surface area contributed by atoms with Gasteiger partial charge in [-0.1, -0.05) is 11.6 Å². The van der Waals surface area contributed by atoms with Gasteiger partial charge >= 0.3 is 6.03 Å². The summed E-state index contributed by atoms with van der Waals surface area (Å²) in [5, 5.41) is 9.63. The molecule has 1 heterocycles. The lowest BCUT2D eigenvalue weighted by Gasteiger charge is -2.23. The van der Waals surface area contributed by atoms with E-state index in [-0.39, 0.29) is 12.1 Å². The molecule has 2 rings (SSSR count). The minimum atomic E-state index is -0.166. The highest BCUT2D eigenvalue weighted by molar-refractivity contribution is 6.30. The van der Waals surface area contributed by atoms with Crippen molar-refractivity contribution in [2.75, 3.05) is 18.4 Å². The number of hydrogen-bond donors (Lipinski definition) is 3. The van der Waals surface area contributed by atoms with Gasteiger partial charge < -0.3 is 16.0 Å². The molecule has 0 spiro atoms. The summed E-state index contributed by atoms with van der Waals surface area (Å²) in [6.07, 6.45) is 2.13. The van der Waals surface area contributed by atoms with Crippen molar-refractivity contribution in [3.8, 4) is 0 Å². The number of urea groups is 1. The van der Waals surface area contributed by atoms with Crippen LogP contribution in [0, 0.1) is 0 Å². The molecule has 2 amide bonds. The van der Waals surface area contributed by atoms with Crippen molar-refractivity contribution in [1.82, 2.24) is 10.6 Å². The minimum Gasteiger partial charge on any atom is -0.334 e. The highest BCUT2D eigenvalue weighted by Crippen LogP contribution is 2.13. The van der Waals surface area contributed by atoms with Gasteiger partial charge in [0.15, 0.2) is 0 Å². The average molecular weight is 254 g/mol. The number of hydrogen-bond acceptors (Lipinski definition) is 2. The number of amides is 2. The Bertz CT molecular complexity index is 374. The van der Waals surface area contributed by atoms with Crippen LogP contribution in [0.5, 0.6) is 0 Å². The minimum absolute atomic E-state index is 0.166. The van der Waals surface area contributed by atoms with Crippen LogP contribution < -0.4 is 16.0 Å². The first-order valence-corrected chi connectivity index (χ1v) is 6.15. The van der Waals surface area contributed by atoms with E-state index in [4.69, 9.17) is 11.6 Å². The number of benzene rings is 1. The fourth-order valence-corrected chi connectivity index (χ4v) is 1.99. The quantitative estimate of drug-likeness (QED) is 0.757. The zero-order valence-electron chi connectivity index (χ0n) is 9.50. The lowest BCUT2D eigenvalue weighted by molar-refractivity contribution is 0.245. The first kappa shape index (κ1) is 12.2. The highest BCUT2D eigenvalue weighted by Gasteiger charge is 2.14. The number of nitrogens with one attached hydrogen (secondary N) is 3. The van der Waals surface area contributed by atoms with Crippen molar-refractivity contribution in [2.45, 2.75) is 18.9 Å². The van der Waals surface area contributed by atoms with Crippen molar-refractivity contribution < 1.29 is 4.79 Å². The second kappa shape index (κ2) is 5.89. The van der Waals surface area contributed by atoms with Crippen LogP contribution in [0.3, 0.4) is 0 Å². The molecule has 0 saturated carbocycles. The van der Waals surface area contributed by atoms with Gasteiger partial charge in [-0.2, -0.15) is 0 Å². The summed E-state index contributed by atoms with van der Waals surface area (Å²) in [7, 11) is 0. The lowest BCUT2D eigenvalue weighted by atomic mass is 10.1. The molecule has 1 saturated heterocycles. The first-order chi connectivity index (χ1) is 8.24. The van der Waals surface area contributed by atoms with Crippen LogP contribution in [-0.4, -0.2) is 25.2 Å². The summed E-state index contributed by atoms with van der Waals surface area (Å²) in [6.45, 7) is 1.88. The van der Waals surface area contributed by atoms with Crippen LogP contribution in [-0.2, 0) is 0 Å². The number of halogens is 1. The molecule has 1 aliphatic rings. The Labute approximate surface area is 106 Å². The molecular weight excluding hydrogens is 238 g/mol. The van der Waals surface area contributed by atoms with E-state index in [1.54, 1.807) is 24.3 Å². The fourth-order valence-electron chi connectivity index (χ4n) is 1.86. The SMILES string of the molecule is O=C(Nc1ccc(Cl)cc1)NC1CCCNC1. The summed E-state index contributed by atoms with van der Waals surface area (Å²) in [5.41, 5.74) is 0.746. The maximum Gasteiger partial charge on any atom is 0.319 e. The van der Waals surface area contributed by atoms with Crippen molar-refractivity contribution in [2.24, 2.45) is 0 Å². The third-order valence-electron chi connectivity index (χ3n) is 2.73. The van der Waals surface area contributed by atoms with E-state index in [1.165, 1.54) is 0 Å². The number of carbonyl (C=O) groups is 1. The second-order valence-electron chi connectivity index (χ2n) is 4.15. The predicted molar refractivity (Wildman–Crippen MR) is 69.5 cm³/mol. The van der Waals surface area contributed by atoms with Gasteiger partial charge in [0.25, 0.3) is 0 Å². The van der Waals surface area contributed by atoms with Gasteiger partial charge in [0, 0.05) is 23.3 Å². The third kappa shape index (κ3) is 3.91. The number of carbonyl (C=O) groups excluding carboxylic acids is 1. The van der Waals surface area contributed by atoms with Gasteiger partial charge in [0.1, 0.15) is 0 Å². The maximum atomic E-state index is 11.7. The van der Waals surface area contributed by atoms with Crippen LogP contribution in [0.4, 0.5) is 10.5 Å². The fraction of sp³-hybridized carbons (Fsp3) is 0.417. The highest BCUT2D eigenvalue weighted by atomic mass is 35.5. The van der Waals surface area contributed by atoms with E-state index in [9.17, 15) is 4.79 Å². The van der Waals surface area contributed by atoms with Crippen LogP contribution in [0.25, 0.3) is 0 Å². The standard InChI is InChI=1S/C12H16ClN3O/c13-9-3-5-10(6-4-9)15-12(17)16-11-2-1-7-14-8-11/h3-6,11,14H,1-2,7-8H2,(H2,15,16,17). The third-order valence-corrected chi connectivity index (χ3v) is 2.99. The van der Waals surface area contributed by atoms with Gasteiger partial charge in [0.05, 0.1) is 0 Å². The molecule has 5 heteroatoms. The van der Waals surface area contributed by atoms with Gasteiger partial charge in [0.2, 0.25) is 0 Å². The van der Waals surface area contributed by atoms with Crippen LogP contribution in [0.2, 0.25) is 5.02 Å². The number of piperidine rings is 1. The summed E-state index contributed by atoms with van der Waals surface area (Å²) < 4.78 is 0. The second-order valence-corrected chi connectivity index (χ2v) is 4.59. The number of rotatable bonds is 2. The molecule has 1 aromatic carbocycles. The zero-order valence-corrected chi connectivity index (χ0v) is 10.3. The number of anilines is 1. The van der Waals surface area contributed by atoms with Crippen LogP contribution in [0.1, 0.15) is 12.8 Å². The van der Waals surface area contributed by atoms with Crippen LogP contribution >= 0.6 is 11.6 Å². The Kier molecular flexibility index (Phi) is 4.23. The largest absolute Gasteiger partial charge is 0.334 e. The molecule has 0 aliphatic carbocycles. The Morgan fingerprint density at radius 3 is 2.76 bits per heavy atom. The Balaban J connectivity index is 1.82. The smallest absolute Gasteiger partial charge is 0.319 e. The molecule has 0 radical (unpaired) electrons. The van der Waals surface area contributed by atoms with E-state index < -0.39 is 0 Å². The molecular formula is C12H16ClN3O. The van der Waals surface area contributed by atoms with E-state index in [0.29, 0.717) is 5.02 Å². The molecule has 4 nitrogen and oxygen atoms in total. The van der Waals surface area contributed by atoms with Gasteiger partial charge in [-0.15, -0.1) is 0 Å². The van der Waals surface area contributed by atoms with E-state index in [1.807, 2.05) is 0 Å². The van der Waals surface area contributed by atoms with E-state index in [0.717, 1.165) is 31.6 Å². The average Bonchev–Trinajstić information content (AvgIpc) is 2.33. The van der Waals surface area contributed by atoms with Crippen molar-refractivity contribution in [3.63, 3.8) is 0 Å². The van der Waals surface area contributed by atoms with Gasteiger partial charge in [-0.25, -0.2) is 4.79 Å². The van der Waals surface area contributed by atoms with E-state index in [2.05, 4.69) is 16.0 Å². The molecule has 0 bridgehead atoms. The molecule has 92 valence electrons. The predicted octanol–water partition coefficient (Wildman–Crippen LogP) is 2.21. The van der Waals surface area contributed by atoms with Crippen molar-refractivity contribution in [3.05, 3.63) is 29.3 Å². The molecule has 17 heavy (non-hydrogen) atoms. The van der Waals surface area contributed by atoms with Crippen molar-refractivity contribution >= 4 is 23.3 Å². The maximum absolute atomic E-state index is 11.7. The van der Waals surface area contributed by atoms with Crippen LogP contribution in [0.15, 0.2) is 24.3 Å². The summed E-state index contributed by atoms with van der Waals surface area (Å²) >= 11 is 5.77. The van der Waals surface area contributed by atoms with E-state index >= 15 is 0 Å². The molecule has 1 fully saturated rings. The Morgan fingerprint density at radius 1 is 1.35 bits per heavy atom. The zero-order chi connectivity index (χ0) is 12.1.